The number of carbonyl (C=O) groups is 2. The lowest BCUT2D eigenvalue weighted by Crippen LogP contribution is -2.46. The maximum absolute atomic E-state index is 12.6. The average Bonchev–Trinajstić information content (AvgIpc) is 2.98. The summed E-state index contributed by atoms with van der Waals surface area (Å²) in [5.74, 6) is 0.0917. The van der Waals surface area contributed by atoms with Crippen LogP contribution in [0.1, 0.15) is 84.5 Å². The minimum Gasteiger partial charge on any atom is -0.459 e. The molecule has 44 heavy (non-hydrogen) atoms. The van der Waals surface area contributed by atoms with Crippen molar-refractivity contribution in [3.8, 4) is 0 Å². The van der Waals surface area contributed by atoms with E-state index < -0.39 is 0 Å². The van der Waals surface area contributed by atoms with Gasteiger partial charge in [0.1, 0.15) is 11.4 Å². The zero-order valence-corrected chi connectivity index (χ0v) is 28.0. The topological polar surface area (TPSA) is 84.0 Å². The molecule has 8 nitrogen and oxygen atoms in total. The normalized spacial score (nSPS) is 14.0. The number of anilines is 1. The van der Waals surface area contributed by atoms with Gasteiger partial charge < -0.3 is 19.7 Å². The van der Waals surface area contributed by atoms with Crippen LogP contribution in [0.3, 0.4) is 0 Å². The van der Waals surface area contributed by atoms with Crippen LogP contribution in [0.5, 0.6) is 0 Å². The summed E-state index contributed by atoms with van der Waals surface area (Å²) >= 11 is 0. The van der Waals surface area contributed by atoms with Crippen molar-refractivity contribution < 1.29 is 19.1 Å². The van der Waals surface area contributed by atoms with Crippen molar-refractivity contribution in [3.05, 3.63) is 94.7 Å². The Morgan fingerprint density at radius 3 is 2.11 bits per heavy atom. The predicted octanol–water partition coefficient (Wildman–Crippen LogP) is 6.62. The van der Waals surface area contributed by atoms with E-state index in [1.54, 1.807) is 24.4 Å². The largest absolute Gasteiger partial charge is 0.459 e. The Bertz CT molecular complexity index is 1330. The van der Waals surface area contributed by atoms with Gasteiger partial charge in [-0.05, 0) is 75.1 Å². The summed E-state index contributed by atoms with van der Waals surface area (Å²) in [4.78, 5) is 34.0. The molecule has 1 aromatic heterocycles. The number of halogens is 2. The maximum Gasteiger partial charge on any atom is 0.342 e. The van der Waals surface area contributed by atoms with Gasteiger partial charge in [0.05, 0.1) is 17.8 Å². The standard InChI is InChI=1S/C34H44N4O4.2ClH/c1-6-31(28-9-7-10-29(21-28)33(39)41-24(2)3)36-22-26-12-14-27(15-13-26)23-37-17-19-38(20-18-37)32-30(11-8-16-35-32)34(40)42-25(4)5;;/h7-16,21,24-25,31,36H,6,17-20,22-23H2,1-5H3;2*1H. The molecule has 2 aromatic carbocycles. The third-order valence-corrected chi connectivity index (χ3v) is 7.28. The van der Waals surface area contributed by atoms with Crippen LogP contribution >= 0.6 is 24.8 Å². The second-order valence-corrected chi connectivity index (χ2v) is 11.3. The molecule has 0 amide bonds. The summed E-state index contributed by atoms with van der Waals surface area (Å²) in [5.41, 5.74) is 4.68. The highest BCUT2D eigenvalue weighted by molar-refractivity contribution is 5.95. The first-order valence-corrected chi connectivity index (χ1v) is 15.0. The monoisotopic (exact) mass is 644 g/mol. The molecular weight excluding hydrogens is 599 g/mol. The molecule has 2 heterocycles. The number of benzene rings is 2. The molecule has 3 aromatic rings. The van der Waals surface area contributed by atoms with Gasteiger partial charge >= 0.3 is 11.9 Å². The van der Waals surface area contributed by atoms with Gasteiger partial charge in [0.2, 0.25) is 0 Å². The molecule has 0 radical (unpaired) electrons. The lowest BCUT2D eigenvalue weighted by molar-refractivity contribution is 0.0367. The summed E-state index contributed by atoms with van der Waals surface area (Å²) < 4.78 is 10.8. The number of esters is 2. The fourth-order valence-corrected chi connectivity index (χ4v) is 5.13. The number of carbonyl (C=O) groups excluding carboxylic acids is 2. The van der Waals surface area contributed by atoms with Gasteiger partial charge in [-0.2, -0.15) is 0 Å². The molecule has 240 valence electrons. The molecule has 1 N–H and O–H groups in total. The predicted molar refractivity (Wildman–Crippen MR) is 180 cm³/mol. The highest BCUT2D eigenvalue weighted by atomic mass is 35.5. The zero-order valence-electron chi connectivity index (χ0n) is 26.3. The summed E-state index contributed by atoms with van der Waals surface area (Å²) in [5, 5.41) is 3.65. The van der Waals surface area contributed by atoms with E-state index in [1.165, 1.54) is 11.1 Å². The molecule has 0 bridgehead atoms. The van der Waals surface area contributed by atoms with Gasteiger partial charge in [-0.1, -0.05) is 43.3 Å². The number of hydrogen-bond acceptors (Lipinski definition) is 8. The van der Waals surface area contributed by atoms with E-state index in [4.69, 9.17) is 9.47 Å². The van der Waals surface area contributed by atoms with E-state index >= 15 is 0 Å². The van der Waals surface area contributed by atoms with E-state index in [9.17, 15) is 9.59 Å². The van der Waals surface area contributed by atoms with E-state index in [0.717, 1.165) is 51.3 Å². The van der Waals surface area contributed by atoms with Crippen LogP contribution in [0, 0.1) is 0 Å². The molecule has 1 aliphatic heterocycles. The van der Waals surface area contributed by atoms with Crippen molar-refractivity contribution in [1.82, 2.24) is 15.2 Å². The molecule has 0 spiro atoms. The highest BCUT2D eigenvalue weighted by Gasteiger charge is 2.24. The zero-order chi connectivity index (χ0) is 30.1. The minimum atomic E-state index is -0.324. The lowest BCUT2D eigenvalue weighted by Gasteiger charge is -2.36. The van der Waals surface area contributed by atoms with E-state index in [2.05, 4.69) is 57.4 Å². The van der Waals surface area contributed by atoms with Gasteiger partial charge in [0, 0.05) is 51.5 Å². The Morgan fingerprint density at radius 1 is 0.841 bits per heavy atom. The number of rotatable bonds is 12. The van der Waals surface area contributed by atoms with E-state index in [1.807, 2.05) is 39.8 Å². The van der Waals surface area contributed by atoms with Crippen molar-refractivity contribution in [2.45, 2.75) is 72.4 Å². The summed E-state index contributed by atoms with van der Waals surface area (Å²) in [7, 11) is 0. The van der Waals surface area contributed by atoms with Crippen LogP contribution < -0.4 is 10.2 Å². The highest BCUT2D eigenvalue weighted by Crippen LogP contribution is 2.22. The second-order valence-electron chi connectivity index (χ2n) is 11.3. The van der Waals surface area contributed by atoms with Crippen LogP contribution in [0.4, 0.5) is 5.82 Å². The Morgan fingerprint density at radius 2 is 1.48 bits per heavy atom. The Hall–Kier alpha value is -3.17. The van der Waals surface area contributed by atoms with Crippen molar-refractivity contribution >= 4 is 42.6 Å². The average molecular weight is 646 g/mol. The summed E-state index contributed by atoms with van der Waals surface area (Å²) in [6, 6.07) is 20.2. The molecule has 1 unspecified atom stereocenters. The van der Waals surface area contributed by atoms with Crippen LogP contribution in [0.2, 0.25) is 0 Å². The summed E-state index contributed by atoms with van der Waals surface area (Å²) in [6.45, 7) is 14.6. The maximum atomic E-state index is 12.6. The molecule has 10 heteroatoms. The molecule has 1 fully saturated rings. The van der Waals surface area contributed by atoms with Crippen molar-refractivity contribution in [2.24, 2.45) is 0 Å². The molecule has 1 aliphatic rings. The Balaban J connectivity index is 0.00000337. The number of nitrogens with one attached hydrogen (secondary N) is 1. The molecule has 1 saturated heterocycles. The van der Waals surface area contributed by atoms with E-state index in [0.29, 0.717) is 16.9 Å². The first kappa shape index (κ1) is 37.0. The van der Waals surface area contributed by atoms with Crippen LogP contribution in [-0.2, 0) is 22.6 Å². The van der Waals surface area contributed by atoms with Gasteiger partial charge in [0.25, 0.3) is 0 Å². The van der Waals surface area contributed by atoms with Gasteiger partial charge in [-0.15, -0.1) is 24.8 Å². The van der Waals surface area contributed by atoms with Crippen LogP contribution in [0.25, 0.3) is 0 Å². The Kier molecular flexibility index (Phi) is 15.1. The lowest BCUT2D eigenvalue weighted by atomic mass is 10.0. The second kappa shape index (κ2) is 18.0. The SMILES string of the molecule is CCC(NCc1ccc(CN2CCN(c3ncccc3C(=O)OC(C)C)CC2)cc1)c1cccc(C(=O)OC(C)C)c1.Cl.Cl. The fraction of sp³-hybridized carbons (Fsp3) is 0.441. The van der Waals surface area contributed by atoms with Crippen LogP contribution in [-0.4, -0.2) is 60.2 Å². The van der Waals surface area contributed by atoms with Crippen molar-refractivity contribution in [3.63, 3.8) is 0 Å². The number of aromatic nitrogens is 1. The number of hydrogen-bond donors (Lipinski definition) is 1. The number of pyridine rings is 1. The summed E-state index contributed by atoms with van der Waals surface area (Å²) in [6.07, 6.45) is 2.33. The Labute approximate surface area is 274 Å². The third kappa shape index (κ3) is 10.5. The molecule has 1 atom stereocenters. The molecular formula is C34H46Cl2N4O4. The third-order valence-electron chi connectivity index (χ3n) is 7.28. The fourth-order valence-electron chi connectivity index (χ4n) is 5.13. The van der Waals surface area contributed by atoms with E-state index in [-0.39, 0.29) is 55.0 Å². The molecule has 0 saturated carbocycles. The van der Waals surface area contributed by atoms with Gasteiger partial charge in [-0.25, -0.2) is 14.6 Å². The van der Waals surface area contributed by atoms with Crippen molar-refractivity contribution in [2.75, 3.05) is 31.1 Å². The minimum absolute atomic E-state index is 0. The number of ether oxygens (including phenoxy) is 2. The van der Waals surface area contributed by atoms with Gasteiger partial charge in [0.15, 0.2) is 0 Å². The van der Waals surface area contributed by atoms with Gasteiger partial charge in [-0.3, -0.25) is 4.90 Å². The van der Waals surface area contributed by atoms with Crippen molar-refractivity contribution in [1.29, 1.82) is 0 Å². The molecule has 0 aliphatic carbocycles. The first-order chi connectivity index (χ1) is 20.2. The van der Waals surface area contributed by atoms with Crippen LogP contribution in [0.15, 0.2) is 66.9 Å². The smallest absolute Gasteiger partial charge is 0.342 e. The number of nitrogens with zero attached hydrogens (tertiary/aromatic N) is 3. The quantitative estimate of drug-likeness (QED) is 0.220. The first-order valence-electron chi connectivity index (χ1n) is 15.0. The molecule has 4 rings (SSSR count). The number of piperazine rings is 1.